The number of hydrogen-bond acceptors (Lipinski definition) is 5. The fourth-order valence-electron chi connectivity index (χ4n) is 4.69. The van der Waals surface area contributed by atoms with Gasteiger partial charge in [-0.3, -0.25) is 4.90 Å². The van der Waals surface area contributed by atoms with Crippen molar-refractivity contribution in [1.29, 1.82) is 0 Å². The average Bonchev–Trinajstić information content (AvgIpc) is 3.27. The van der Waals surface area contributed by atoms with Crippen LogP contribution in [0.4, 0.5) is 5.69 Å². The van der Waals surface area contributed by atoms with Crippen LogP contribution in [0.25, 0.3) is 0 Å². The Balaban J connectivity index is 1.58. The van der Waals surface area contributed by atoms with Gasteiger partial charge in [0.2, 0.25) is 0 Å². The minimum absolute atomic E-state index is 0.105. The molecule has 2 aliphatic heterocycles. The minimum Gasteiger partial charge on any atom is -0.389 e. The number of likely N-dealkylation sites (tertiary alicyclic amines) is 1. The number of nitrogens with zero attached hydrogens (tertiary/aromatic N) is 2. The molecule has 0 aromatic heterocycles. The van der Waals surface area contributed by atoms with Gasteiger partial charge in [-0.2, -0.15) is 0 Å². The number of fused-ring (bicyclic) bond motifs is 1. The number of ether oxygens (including phenoxy) is 1. The molecule has 2 aromatic carbocycles. The lowest BCUT2D eigenvalue weighted by Gasteiger charge is -2.36. The molecule has 1 fully saturated rings. The van der Waals surface area contributed by atoms with E-state index in [1.165, 1.54) is 16.8 Å². The molecule has 0 aliphatic carbocycles. The average molecular weight is 411 g/mol. The molecule has 2 heterocycles. The third-order valence-corrected chi connectivity index (χ3v) is 6.25. The van der Waals surface area contributed by atoms with Crippen LogP contribution in [0.5, 0.6) is 0 Å². The molecule has 0 radical (unpaired) electrons. The molecule has 5 nitrogen and oxygen atoms in total. The quantitative estimate of drug-likeness (QED) is 0.701. The number of aliphatic hydroxyl groups is 2. The van der Waals surface area contributed by atoms with Crippen molar-refractivity contribution in [3.05, 3.63) is 65.7 Å². The van der Waals surface area contributed by atoms with Gasteiger partial charge < -0.3 is 19.8 Å². The molecule has 162 valence electrons. The fraction of sp³-hybridized carbons (Fsp3) is 0.520. The Morgan fingerprint density at radius 1 is 0.933 bits per heavy atom. The van der Waals surface area contributed by atoms with Gasteiger partial charge in [0.1, 0.15) is 0 Å². The van der Waals surface area contributed by atoms with Crippen molar-refractivity contribution in [2.24, 2.45) is 5.92 Å². The SMILES string of the molecule is CC(C)COCC(CN1c2ccccc2CC1c1ccccc1)N1CC(O)C(O)C1. The number of aliphatic hydroxyl groups excluding tert-OH is 2. The van der Waals surface area contributed by atoms with Gasteiger partial charge in [-0.05, 0) is 29.5 Å². The molecule has 5 heteroatoms. The smallest absolute Gasteiger partial charge is 0.0938 e. The largest absolute Gasteiger partial charge is 0.389 e. The van der Waals surface area contributed by atoms with E-state index in [0.717, 1.165) is 13.0 Å². The van der Waals surface area contributed by atoms with Crippen LogP contribution in [0, 0.1) is 5.92 Å². The first-order chi connectivity index (χ1) is 14.5. The van der Waals surface area contributed by atoms with Gasteiger partial charge in [-0.25, -0.2) is 0 Å². The van der Waals surface area contributed by atoms with Crippen LogP contribution in [0.3, 0.4) is 0 Å². The Labute approximate surface area is 179 Å². The molecular formula is C25H34N2O3. The summed E-state index contributed by atoms with van der Waals surface area (Å²) in [5.41, 5.74) is 3.97. The van der Waals surface area contributed by atoms with Crippen LogP contribution < -0.4 is 4.90 Å². The van der Waals surface area contributed by atoms with Crippen molar-refractivity contribution in [3.8, 4) is 0 Å². The molecule has 0 bridgehead atoms. The maximum atomic E-state index is 10.1. The van der Waals surface area contributed by atoms with Gasteiger partial charge in [0.05, 0.1) is 30.9 Å². The lowest BCUT2D eigenvalue weighted by molar-refractivity contribution is 0.0512. The summed E-state index contributed by atoms with van der Waals surface area (Å²) < 4.78 is 6.05. The maximum absolute atomic E-state index is 10.1. The first kappa shape index (κ1) is 21.3. The van der Waals surface area contributed by atoms with Crippen molar-refractivity contribution in [1.82, 2.24) is 4.90 Å². The van der Waals surface area contributed by atoms with Gasteiger partial charge in [-0.15, -0.1) is 0 Å². The highest BCUT2D eigenvalue weighted by atomic mass is 16.5. The van der Waals surface area contributed by atoms with Gasteiger partial charge in [0, 0.05) is 31.9 Å². The zero-order chi connectivity index (χ0) is 21.1. The molecule has 2 N–H and O–H groups in total. The molecule has 2 aliphatic rings. The predicted octanol–water partition coefficient (Wildman–Crippen LogP) is 2.87. The Bertz CT molecular complexity index is 803. The normalized spacial score (nSPS) is 25.1. The molecule has 30 heavy (non-hydrogen) atoms. The van der Waals surface area contributed by atoms with Gasteiger partial charge in [0.15, 0.2) is 0 Å². The summed E-state index contributed by atoms with van der Waals surface area (Å²) in [5, 5.41) is 20.3. The molecular weight excluding hydrogens is 376 g/mol. The van der Waals surface area contributed by atoms with Crippen LogP contribution >= 0.6 is 0 Å². The second kappa shape index (κ2) is 9.48. The highest BCUT2D eigenvalue weighted by Crippen LogP contribution is 2.40. The summed E-state index contributed by atoms with van der Waals surface area (Å²) in [5.74, 6) is 0.477. The van der Waals surface area contributed by atoms with E-state index in [2.05, 4.69) is 78.2 Å². The molecule has 4 atom stereocenters. The van der Waals surface area contributed by atoms with Crippen LogP contribution in [0.2, 0.25) is 0 Å². The van der Waals surface area contributed by atoms with Crippen LogP contribution in [-0.2, 0) is 11.2 Å². The van der Waals surface area contributed by atoms with E-state index >= 15 is 0 Å². The summed E-state index contributed by atoms with van der Waals surface area (Å²) >= 11 is 0. The van der Waals surface area contributed by atoms with Crippen molar-refractivity contribution in [2.75, 3.05) is 37.7 Å². The topological polar surface area (TPSA) is 56.2 Å². The third kappa shape index (κ3) is 4.70. The van der Waals surface area contributed by atoms with Crippen LogP contribution in [-0.4, -0.2) is 66.2 Å². The maximum Gasteiger partial charge on any atom is 0.0938 e. The monoisotopic (exact) mass is 410 g/mol. The first-order valence-electron chi connectivity index (χ1n) is 11.1. The van der Waals surface area contributed by atoms with E-state index in [0.29, 0.717) is 32.2 Å². The third-order valence-electron chi connectivity index (χ3n) is 6.25. The molecule has 1 saturated heterocycles. The molecule has 2 aromatic rings. The Morgan fingerprint density at radius 2 is 1.60 bits per heavy atom. The predicted molar refractivity (Wildman–Crippen MR) is 120 cm³/mol. The van der Waals surface area contributed by atoms with Crippen molar-refractivity contribution in [3.63, 3.8) is 0 Å². The highest BCUT2D eigenvalue weighted by molar-refractivity contribution is 5.61. The number of hydrogen-bond donors (Lipinski definition) is 2. The lowest BCUT2D eigenvalue weighted by Crippen LogP contribution is -2.47. The van der Waals surface area contributed by atoms with Gasteiger partial charge >= 0.3 is 0 Å². The fourth-order valence-corrected chi connectivity index (χ4v) is 4.69. The zero-order valence-electron chi connectivity index (χ0n) is 18.0. The summed E-state index contributed by atoms with van der Waals surface area (Å²) in [6.07, 6.45) is -0.382. The molecule has 4 unspecified atom stereocenters. The van der Waals surface area contributed by atoms with Crippen LogP contribution in [0.1, 0.15) is 31.0 Å². The standard InChI is InChI=1S/C25H34N2O3/c1-18(2)16-30-17-21(26-14-24(28)25(29)15-26)13-27-22-11-7-6-10-20(22)12-23(27)19-8-4-3-5-9-19/h3-11,18,21,23-25,28-29H,12-17H2,1-2H3. The van der Waals surface area contributed by atoms with Crippen molar-refractivity contribution < 1.29 is 14.9 Å². The summed E-state index contributed by atoms with van der Waals surface area (Å²) in [4.78, 5) is 4.68. The van der Waals surface area contributed by atoms with Gasteiger partial charge in [-0.1, -0.05) is 62.4 Å². The van der Waals surface area contributed by atoms with E-state index in [1.807, 2.05) is 0 Å². The highest BCUT2D eigenvalue weighted by Gasteiger charge is 2.37. The Hall–Kier alpha value is -1.92. The first-order valence-corrected chi connectivity index (χ1v) is 11.1. The summed E-state index contributed by atoms with van der Waals surface area (Å²) in [6.45, 7) is 7.39. The van der Waals surface area contributed by atoms with Gasteiger partial charge in [0.25, 0.3) is 0 Å². The van der Waals surface area contributed by atoms with Crippen molar-refractivity contribution in [2.45, 2.75) is 44.6 Å². The molecule has 4 rings (SSSR count). The zero-order valence-corrected chi connectivity index (χ0v) is 18.0. The molecule has 0 saturated carbocycles. The Morgan fingerprint density at radius 3 is 2.30 bits per heavy atom. The van der Waals surface area contributed by atoms with Crippen LogP contribution in [0.15, 0.2) is 54.6 Å². The van der Waals surface area contributed by atoms with E-state index in [9.17, 15) is 10.2 Å². The van der Waals surface area contributed by atoms with Crippen molar-refractivity contribution >= 4 is 5.69 Å². The number of β-amino-alcohol motifs (C(OH)–C–C–N with tert-alkyl or cyclic N) is 2. The molecule has 0 amide bonds. The van der Waals surface area contributed by atoms with E-state index in [-0.39, 0.29) is 12.1 Å². The minimum atomic E-state index is -0.687. The summed E-state index contributed by atoms with van der Waals surface area (Å²) in [6, 6.07) is 19.7. The second-order valence-corrected chi connectivity index (χ2v) is 9.09. The second-order valence-electron chi connectivity index (χ2n) is 9.09. The molecule has 0 spiro atoms. The van der Waals surface area contributed by atoms with E-state index < -0.39 is 12.2 Å². The number of benzene rings is 2. The Kier molecular flexibility index (Phi) is 6.74. The van der Waals surface area contributed by atoms with E-state index in [4.69, 9.17) is 4.74 Å². The summed E-state index contributed by atoms with van der Waals surface area (Å²) in [7, 11) is 0. The van der Waals surface area contributed by atoms with E-state index in [1.54, 1.807) is 0 Å². The number of anilines is 1. The number of rotatable bonds is 8. The lowest BCUT2D eigenvalue weighted by atomic mass is 10.0. The number of para-hydroxylation sites is 1.